The van der Waals surface area contributed by atoms with Crippen LogP contribution >= 0.6 is 0 Å². The highest BCUT2D eigenvalue weighted by atomic mass is 28.4. The third-order valence-electron chi connectivity index (χ3n) is 0.878. The molecule has 0 aliphatic carbocycles. The maximum atomic E-state index is 5.61. The van der Waals surface area contributed by atoms with E-state index in [2.05, 4.69) is 37.4 Å². The van der Waals surface area contributed by atoms with Gasteiger partial charge in [-0.05, 0) is 38.4 Å². The smallest absolute Gasteiger partial charge is 0.185 e. The molecule has 0 radical (unpaired) electrons. The zero-order valence-electron chi connectivity index (χ0n) is 7.56. The second-order valence-corrected chi connectivity index (χ2v) is 7.75. The van der Waals surface area contributed by atoms with Gasteiger partial charge in [-0.1, -0.05) is 5.92 Å². The van der Waals surface area contributed by atoms with Gasteiger partial charge in [0.15, 0.2) is 8.32 Å². The lowest BCUT2D eigenvalue weighted by atomic mass is 10.4. The molecular formula is C9H14OSi. The second kappa shape index (κ2) is 4.23. The fraction of sp³-hybridized carbons (Fsp3) is 0.556. The minimum atomic E-state index is -1.44. The predicted octanol–water partition coefficient (Wildman–Crippen LogP) is 1.86. The molecule has 1 nitrogen and oxygen atoms in total. The Morgan fingerprint density at radius 1 is 1.36 bits per heavy atom. The molecule has 0 amide bonds. The standard InChI is InChI=1S/C9H14OSi/c1-6-7-8-9(2)10-11(3,4)5/h1,9H,2-5H3/t9-/m0/s1. The summed E-state index contributed by atoms with van der Waals surface area (Å²) in [7, 11) is -1.44. The lowest BCUT2D eigenvalue weighted by Gasteiger charge is -2.19. The highest BCUT2D eigenvalue weighted by Gasteiger charge is 2.16. The first-order chi connectivity index (χ1) is 4.95. The molecule has 0 aromatic heterocycles. The Morgan fingerprint density at radius 2 is 1.91 bits per heavy atom. The largest absolute Gasteiger partial charge is 0.404 e. The zero-order chi connectivity index (χ0) is 8.91. The molecule has 0 saturated carbocycles. The van der Waals surface area contributed by atoms with Crippen LogP contribution in [-0.4, -0.2) is 14.4 Å². The van der Waals surface area contributed by atoms with E-state index in [0.717, 1.165) is 0 Å². The Morgan fingerprint density at radius 3 is 2.27 bits per heavy atom. The van der Waals surface area contributed by atoms with Crippen molar-refractivity contribution in [1.82, 2.24) is 0 Å². The van der Waals surface area contributed by atoms with E-state index in [9.17, 15) is 0 Å². The second-order valence-electron chi connectivity index (χ2n) is 3.29. The lowest BCUT2D eigenvalue weighted by molar-refractivity contribution is 0.272. The first-order valence-corrected chi connectivity index (χ1v) is 7.00. The summed E-state index contributed by atoms with van der Waals surface area (Å²) >= 11 is 0. The van der Waals surface area contributed by atoms with Crippen molar-refractivity contribution >= 4 is 8.32 Å². The molecule has 0 aromatic rings. The van der Waals surface area contributed by atoms with Crippen LogP contribution in [0.5, 0.6) is 0 Å². The molecule has 0 N–H and O–H groups in total. The molecule has 60 valence electrons. The number of rotatable bonds is 2. The van der Waals surface area contributed by atoms with Crippen LogP contribution < -0.4 is 0 Å². The minimum absolute atomic E-state index is 0.0299. The van der Waals surface area contributed by atoms with Crippen molar-refractivity contribution in [2.24, 2.45) is 0 Å². The summed E-state index contributed by atoms with van der Waals surface area (Å²) in [5.74, 6) is 7.62. The van der Waals surface area contributed by atoms with Crippen molar-refractivity contribution in [1.29, 1.82) is 0 Å². The first kappa shape index (κ1) is 10.3. The van der Waals surface area contributed by atoms with Crippen molar-refractivity contribution in [2.75, 3.05) is 0 Å². The van der Waals surface area contributed by atoms with Crippen molar-refractivity contribution in [2.45, 2.75) is 32.7 Å². The molecule has 0 aromatic carbocycles. The van der Waals surface area contributed by atoms with Gasteiger partial charge in [-0.15, -0.1) is 6.42 Å². The Hall–Kier alpha value is -0.703. The molecule has 0 spiro atoms. The zero-order valence-corrected chi connectivity index (χ0v) is 8.56. The summed E-state index contributed by atoms with van der Waals surface area (Å²) in [6, 6.07) is 0. The van der Waals surface area contributed by atoms with Gasteiger partial charge in [0.05, 0.1) is 0 Å². The summed E-state index contributed by atoms with van der Waals surface area (Å²) in [6.45, 7) is 8.30. The maximum absolute atomic E-state index is 5.61. The van der Waals surface area contributed by atoms with E-state index in [1.54, 1.807) is 0 Å². The normalized spacial score (nSPS) is 12.6. The Kier molecular flexibility index (Phi) is 3.96. The molecular weight excluding hydrogens is 152 g/mol. The summed E-state index contributed by atoms with van der Waals surface area (Å²) in [5, 5.41) is 0. The molecule has 0 saturated heterocycles. The van der Waals surface area contributed by atoms with Gasteiger partial charge in [0, 0.05) is 0 Å². The fourth-order valence-electron chi connectivity index (χ4n) is 0.703. The van der Waals surface area contributed by atoms with Crippen molar-refractivity contribution < 1.29 is 4.43 Å². The average molecular weight is 166 g/mol. The fourth-order valence-corrected chi connectivity index (χ4v) is 1.82. The monoisotopic (exact) mass is 166 g/mol. The van der Waals surface area contributed by atoms with Crippen molar-refractivity contribution in [3.8, 4) is 24.2 Å². The summed E-state index contributed by atoms with van der Waals surface area (Å²) in [4.78, 5) is 0. The van der Waals surface area contributed by atoms with E-state index < -0.39 is 8.32 Å². The van der Waals surface area contributed by atoms with E-state index >= 15 is 0 Å². The van der Waals surface area contributed by atoms with E-state index in [1.807, 2.05) is 6.92 Å². The number of terminal acetylenes is 1. The molecule has 0 fully saturated rings. The third-order valence-corrected chi connectivity index (χ3v) is 1.94. The lowest BCUT2D eigenvalue weighted by Crippen LogP contribution is -2.29. The molecule has 1 atom stereocenters. The van der Waals surface area contributed by atoms with E-state index in [4.69, 9.17) is 10.8 Å². The van der Waals surface area contributed by atoms with Crippen LogP contribution in [0.4, 0.5) is 0 Å². The third kappa shape index (κ3) is 7.19. The Balaban J connectivity index is 3.91. The summed E-state index contributed by atoms with van der Waals surface area (Å²) in [6.07, 6.45) is 4.94. The quantitative estimate of drug-likeness (QED) is 0.449. The molecule has 0 rings (SSSR count). The topological polar surface area (TPSA) is 9.23 Å². The van der Waals surface area contributed by atoms with E-state index in [0.29, 0.717) is 0 Å². The van der Waals surface area contributed by atoms with Gasteiger partial charge in [0.2, 0.25) is 0 Å². The molecule has 0 aliphatic heterocycles. The van der Waals surface area contributed by atoms with Crippen LogP contribution in [0.25, 0.3) is 0 Å². The molecule has 0 bridgehead atoms. The van der Waals surface area contributed by atoms with Crippen LogP contribution in [0.2, 0.25) is 19.6 Å². The first-order valence-electron chi connectivity index (χ1n) is 3.59. The van der Waals surface area contributed by atoms with Gasteiger partial charge < -0.3 is 4.43 Å². The highest BCUT2D eigenvalue weighted by Crippen LogP contribution is 2.05. The number of hydrogen-bond donors (Lipinski definition) is 0. The highest BCUT2D eigenvalue weighted by molar-refractivity contribution is 6.69. The summed E-state index contributed by atoms with van der Waals surface area (Å²) in [5.41, 5.74) is 0. The van der Waals surface area contributed by atoms with Crippen LogP contribution in [0.1, 0.15) is 6.92 Å². The van der Waals surface area contributed by atoms with Gasteiger partial charge in [-0.25, -0.2) is 0 Å². The Bertz CT molecular complexity index is 208. The molecule has 0 aliphatic rings. The average Bonchev–Trinajstić information content (AvgIpc) is 1.79. The van der Waals surface area contributed by atoms with Gasteiger partial charge in [0.25, 0.3) is 0 Å². The molecule has 2 heteroatoms. The minimum Gasteiger partial charge on any atom is -0.404 e. The SMILES string of the molecule is C#CC#C[C@H](C)O[Si](C)(C)C. The van der Waals surface area contributed by atoms with E-state index in [1.165, 1.54) is 0 Å². The van der Waals surface area contributed by atoms with Crippen LogP contribution in [-0.2, 0) is 4.43 Å². The van der Waals surface area contributed by atoms with Crippen LogP contribution in [0, 0.1) is 24.2 Å². The van der Waals surface area contributed by atoms with Gasteiger partial charge in [-0.2, -0.15) is 0 Å². The Labute approximate surface area is 70.3 Å². The van der Waals surface area contributed by atoms with Gasteiger partial charge >= 0.3 is 0 Å². The molecule has 0 unspecified atom stereocenters. The van der Waals surface area contributed by atoms with Crippen LogP contribution in [0.15, 0.2) is 0 Å². The molecule has 0 heterocycles. The van der Waals surface area contributed by atoms with E-state index in [-0.39, 0.29) is 6.10 Å². The number of hydrogen-bond acceptors (Lipinski definition) is 1. The van der Waals surface area contributed by atoms with Crippen molar-refractivity contribution in [3.05, 3.63) is 0 Å². The predicted molar refractivity (Wildman–Crippen MR) is 50.5 cm³/mol. The molecule has 11 heavy (non-hydrogen) atoms. The van der Waals surface area contributed by atoms with Crippen molar-refractivity contribution in [3.63, 3.8) is 0 Å². The maximum Gasteiger partial charge on any atom is 0.185 e. The van der Waals surface area contributed by atoms with Gasteiger partial charge in [0.1, 0.15) is 6.10 Å². The van der Waals surface area contributed by atoms with Gasteiger partial charge in [-0.3, -0.25) is 0 Å². The van der Waals surface area contributed by atoms with Crippen LogP contribution in [0.3, 0.4) is 0 Å². The summed E-state index contributed by atoms with van der Waals surface area (Å²) < 4.78 is 5.61.